The summed E-state index contributed by atoms with van der Waals surface area (Å²) >= 11 is 0. The van der Waals surface area contributed by atoms with Gasteiger partial charge in [0, 0.05) is 29.3 Å². The fraction of sp³-hybridized carbons (Fsp3) is 1.00. The van der Waals surface area contributed by atoms with Crippen LogP contribution in [-0.2, 0) is 24.0 Å². The topological polar surface area (TPSA) is 81.8 Å². The van der Waals surface area contributed by atoms with Crippen molar-refractivity contribution in [2.75, 3.05) is 6.66 Å². The van der Waals surface area contributed by atoms with Crippen molar-refractivity contribution < 1.29 is 24.0 Å². The van der Waals surface area contributed by atoms with E-state index in [4.69, 9.17) is 9.05 Å². The zero-order chi connectivity index (χ0) is 20.1. The molecule has 0 bridgehead atoms. The molecule has 0 spiro atoms. The van der Waals surface area contributed by atoms with E-state index in [9.17, 15) is 15.0 Å². The Balaban J connectivity index is 2.04. The molecule has 2 heterocycles. The Labute approximate surface area is 158 Å². The van der Waals surface area contributed by atoms with Gasteiger partial charge in [0.05, 0.1) is 12.2 Å². The highest BCUT2D eigenvalue weighted by atomic mass is 31.2. The lowest BCUT2D eigenvalue weighted by molar-refractivity contribution is -0.297. The number of hydroxylamine groups is 4. The van der Waals surface area contributed by atoms with Crippen LogP contribution in [0.3, 0.4) is 0 Å². The van der Waals surface area contributed by atoms with Crippen LogP contribution in [0.2, 0.25) is 0 Å². The van der Waals surface area contributed by atoms with Crippen molar-refractivity contribution in [1.29, 1.82) is 0 Å². The van der Waals surface area contributed by atoms with Crippen molar-refractivity contribution >= 4 is 7.60 Å². The third-order valence-electron chi connectivity index (χ3n) is 5.56. The van der Waals surface area contributed by atoms with Gasteiger partial charge in [-0.05, 0) is 74.1 Å². The molecule has 0 aromatic heterocycles. The molecule has 0 aromatic rings. The molecule has 0 amide bonds. The molecule has 2 aliphatic heterocycles. The van der Waals surface area contributed by atoms with E-state index >= 15 is 0 Å². The molecular formula is C18H35N2O5P. The van der Waals surface area contributed by atoms with E-state index < -0.39 is 24.2 Å². The van der Waals surface area contributed by atoms with Crippen LogP contribution in [0.4, 0.5) is 0 Å². The number of rotatable bonds is 4. The van der Waals surface area contributed by atoms with Gasteiger partial charge in [-0.3, -0.25) is 4.57 Å². The zero-order valence-electron chi connectivity index (χ0n) is 17.4. The summed E-state index contributed by atoms with van der Waals surface area (Å²) in [4.78, 5) is 0. The number of hydrogen-bond acceptors (Lipinski definition) is 5. The monoisotopic (exact) mass is 390 g/mol. The zero-order valence-corrected chi connectivity index (χ0v) is 18.3. The average Bonchev–Trinajstić information content (AvgIpc) is 2.39. The van der Waals surface area contributed by atoms with Gasteiger partial charge >= 0.3 is 7.60 Å². The maximum Gasteiger partial charge on any atom is 0.328 e. The number of piperidine rings is 2. The van der Waals surface area contributed by atoms with Crippen molar-refractivity contribution in [2.45, 2.75) is 109 Å². The summed E-state index contributed by atoms with van der Waals surface area (Å²) in [6.45, 7) is 14.6. The Bertz CT molecular complexity index is 548. The molecule has 26 heavy (non-hydrogen) atoms. The number of nitrogens with zero attached hydrogens (tertiary/aromatic N) is 2. The lowest BCUT2D eigenvalue weighted by Gasteiger charge is -2.50. The second kappa shape index (κ2) is 7.11. The molecule has 0 N–H and O–H groups in total. The van der Waals surface area contributed by atoms with Gasteiger partial charge in [0.15, 0.2) is 0 Å². The molecule has 2 radical (unpaired) electrons. The highest BCUT2D eigenvalue weighted by Gasteiger charge is 2.48. The Morgan fingerprint density at radius 1 is 0.846 bits per heavy atom. The van der Waals surface area contributed by atoms with Crippen molar-refractivity contribution in [3.05, 3.63) is 0 Å². The Hall–Kier alpha value is -0.0100. The maximum absolute atomic E-state index is 13.0. The van der Waals surface area contributed by atoms with Crippen LogP contribution in [0.5, 0.6) is 0 Å². The number of hydrogen-bond donors (Lipinski definition) is 0. The summed E-state index contributed by atoms with van der Waals surface area (Å²) in [7, 11) is -3.31. The Morgan fingerprint density at radius 3 is 1.73 bits per heavy atom. The fourth-order valence-corrected chi connectivity index (χ4v) is 6.14. The first-order chi connectivity index (χ1) is 11.6. The van der Waals surface area contributed by atoms with Gasteiger partial charge in [-0.15, -0.1) is 20.5 Å². The van der Waals surface area contributed by atoms with E-state index in [-0.39, 0.29) is 18.2 Å². The van der Waals surface area contributed by atoms with Gasteiger partial charge in [-0.1, -0.05) is 0 Å². The predicted molar refractivity (Wildman–Crippen MR) is 98.5 cm³/mol. The summed E-state index contributed by atoms with van der Waals surface area (Å²) in [6, 6.07) is -0.190. The van der Waals surface area contributed by atoms with E-state index in [2.05, 4.69) is 0 Å². The minimum absolute atomic E-state index is 0.190. The Kier molecular flexibility index (Phi) is 6.09. The molecule has 2 aliphatic rings. The van der Waals surface area contributed by atoms with Gasteiger partial charge in [-0.25, -0.2) is 0 Å². The largest absolute Gasteiger partial charge is 0.328 e. The second-order valence-corrected chi connectivity index (χ2v) is 11.9. The molecule has 152 valence electrons. The molecule has 8 heteroatoms. The van der Waals surface area contributed by atoms with E-state index in [1.807, 2.05) is 48.5 Å². The summed E-state index contributed by atoms with van der Waals surface area (Å²) in [6.07, 6.45) is 1.47. The summed E-state index contributed by atoms with van der Waals surface area (Å²) in [5.41, 5.74) is -1.73. The van der Waals surface area contributed by atoms with Crippen molar-refractivity contribution in [1.82, 2.24) is 10.1 Å². The maximum atomic E-state index is 13.0. The molecule has 0 aliphatic carbocycles. The molecule has 0 aromatic carbocycles. The lowest BCUT2D eigenvalue weighted by atomic mass is 9.80. The van der Waals surface area contributed by atoms with Crippen LogP contribution in [0, 0.1) is 0 Å². The standard InChI is InChI=1S/C18H35N2O5P/c1-13-9-14(10-16(2,3)19(13)21)24-26(8,23)25-15-11-17(4,5)20(22)18(6,7)12-15/h13-15H,9-12H2,1-8H3. The summed E-state index contributed by atoms with van der Waals surface area (Å²) in [5.74, 6) is 0. The van der Waals surface area contributed by atoms with Crippen LogP contribution in [0.15, 0.2) is 0 Å². The van der Waals surface area contributed by atoms with Crippen LogP contribution >= 0.6 is 7.60 Å². The highest BCUT2D eigenvalue weighted by Crippen LogP contribution is 2.52. The Morgan fingerprint density at radius 2 is 1.27 bits per heavy atom. The SMILES string of the molecule is CC1CC(OP(C)(=O)OC2CC(C)(C)N([O])C(C)(C)C2)CC(C)(C)N1[O]. The molecule has 3 atom stereocenters. The first kappa shape index (κ1) is 22.3. The molecule has 0 saturated carbocycles. The quantitative estimate of drug-likeness (QED) is 0.673. The van der Waals surface area contributed by atoms with Crippen LogP contribution < -0.4 is 0 Å². The normalized spacial score (nSPS) is 35.2. The third-order valence-corrected chi connectivity index (χ3v) is 6.93. The highest BCUT2D eigenvalue weighted by molar-refractivity contribution is 7.53. The van der Waals surface area contributed by atoms with Gasteiger partial charge in [0.2, 0.25) is 0 Å². The summed E-state index contributed by atoms with van der Waals surface area (Å²) < 4.78 is 24.8. The van der Waals surface area contributed by atoms with Gasteiger partial charge in [-0.2, -0.15) is 0 Å². The minimum atomic E-state index is -3.31. The first-order valence-electron chi connectivity index (χ1n) is 9.44. The predicted octanol–water partition coefficient (Wildman–Crippen LogP) is 4.19. The van der Waals surface area contributed by atoms with E-state index in [0.29, 0.717) is 25.7 Å². The van der Waals surface area contributed by atoms with Crippen molar-refractivity contribution in [3.8, 4) is 0 Å². The molecule has 3 unspecified atom stereocenters. The second-order valence-electron chi connectivity index (χ2n) is 9.98. The molecular weight excluding hydrogens is 355 g/mol. The molecule has 2 rings (SSSR count). The van der Waals surface area contributed by atoms with Crippen molar-refractivity contribution in [2.24, 2.45) is 0 Å². The smallest absolute Gasteiger partial charge is 0.305 e. The fourth-order valence-electron chi connectivity index (χ4n) is 4.70. The van der Waals surface area contributed by atoms with Gasteiger partial charge in [0.1, 0.15) is 0 Å². The van der Waals surface area contributed by atoms with Crippen LogP contribution in [-0.4, -0.2) is 51.7 Å². The molecule has 7 nitrogen and oxygen atoms in total. The third kappa shape index (κ3) is 4.88. The lowest BCUT2D eigenvalue weighted by Crippen LogP contribution is -2.59. The minimum Gasteiger partial charge on any atom is -0.305 e. The molecule has 2 saturated heterocycles. The summed E-state index contributed by atoms with van der Waals surface area (Å²) in [5, 5.41) is 26.9. The van der Waals surface area contributed by atoms with E-state index in [1.54, 1.807) is 0 Å². The average molecular weight is 390 g/mol. The van der Waals surface area contributed by atoms with Gasteiger partial charge in [0.25, 0.3) is 0 Å². The first-order valence-corrected chi connectivity index (χ1v) is 11.4. The van der Waals surface area contributed by atoms with Crippen LogP contribution in [0.1, 0.15) is 74.1 Å². The van der Waals surface area contributed by atoms with Gasteiger partial charge < -0.3 is 9.05 Å². The van der Waals surface area contributed by atoms with E-state index in [1.165, 1.54) is 6.66 Å². The van der Waals surface area contributed by atoms with Crippen LogP contribution in [0.25, 0.3) is 0 Å². The van der Waals surface area contributed by atoms with Crippen molar-refractivity contribution in [3.63, 3.8) is 0 Å². The van der Waals surface area contributed by atoms with E-state index in [0.717, 1.165) is 10.1 Å². The molecule has 2 fully saturated rings.